The van der Waals surface area contributed by atoms with E-state index in [2.05, 4.69) is 22.4 Å². The molecule has 1 fully saturated rings. The van der Waals surface area contributed by atoms with Crippen LogP contribution >= 0.6 is 11.3 Å². The zero-order valence-corrected chi connectivity index (χ0v) is 10.8. The molecule has 94 valence electrons. The van der Waals surface area contributed by atoms with Crippen molar-refractivity contribution in [3.8, 4) is 0 Å². The third-order valence-electron chi connectivity index (χ3n) is 3.00. The maximum atomic E-state index is 11.6. The summed E-state index contributed by atoms with van der Waals surface area (Å²) in [5, 5.41) is 11.3. The molecule has 1 aliphatic rings. The molecule has 1 atom stereocenters. The molecule has 5 heteroatoms. The lowest BCUT2D eigenvalue weighted by molar-refractivity contribution is -0.141. The maximum absolute atomic E-state index is 11.6. The first-order valence-electron chi connectivity index (χ1n) is 5.88. The lowest BCUT2D eigenvalue weighted by Gasteiger charge is -2.35. The van der Waals surface area contributed by atoms with Gasteiger partial charge in [-0.15, -0.1) is 11.3 Å². The minimum atomic E-state index is -0.876. The molecule has 17 heavy (non-hydrogen) atoms. The van der Waals surface area contributed by atoms with Crippen LogP contribution in [0.5, 0.6) is 0 Å². The summed E-state index contributed by atoms with van der Waals surface area (Å²) in [5.41, 5.74) is 0. The van der Waals surface area contributed by atoms with Crippen LogP contribution in [0.3, 0.4) is 0 Å². The standard InChI is InChI=1S/C12H18N2O2S/c1-10(15)12(16)14-6-4-13(5-7-14)9-11-3-2-8-17-11/h2-3,8,10,15H,4-7,9H2,1H3. The molecule has 0 radical (unpaired) electrons. The van der Waals surface area contributed by atoms with Crippen molar-refractivity contribution >= 4 is 17.2 Å². The number of rotatable bonds is 3. The molecule has 4 nitrogen and oxygen atoms in total. The minimum Gasteiger partial charge on any atom is -0.384 e. The van der Waals surface area contributed by atoms with Gasteiger partial charge in [0, 0.05) is 37.6 Å². The molecule has 1 aliphatic heterocycles. The number of nitrogens with zero attached hydrogens (tertiary/aromatic N) is 2. The molecule has 1 aromatic heterocycles. The van der Waals surface area contributed by atoms with E-state index in [4.69, 9.17) is 0 Å². The molecule has 0 aliphatic carbocycles. The van der Waals surface area contributed by atoms with Crippen LogP contribution in [0.2, 0.25) is 0 Å². The molecule has 1 aromatic rings. The number of hydrogen-bond donors (Lipinski definition) is 1. The number of aliphatic hydroxyl groups excluding tert-OH is 1. The van der Waals surface area contributed by atoms with Crippen molar-refractivity contribution in [2.24, 2.45) is 0 Å². The molecule has 0 aromatic carbocycles. The third-order valence-corrected chi connectivity index (χ3v) is 3.86. The lowest BCUT2D eigenvalue weighted by Crippen LogP contribution is -2.50. The van der Waals surface area contributed by atoms with Crippen molar-refractivity contribution in [2.45, 2.75) is 19.6 Å². The van der Waals surface area contributed by atoms with Crippen molar-refractivity contribution < 1.29 is 9.90 Å². The highest BCUT2D eigenvalue weighted by Crippen LogP contribution is 2.13. The molecule has 1 amide bonds. The van der Waals surface area contributed by atoms with Gasteiger partial charge in [0.2, 0.25) is 0 Å². The zero-order valence-electron chi connectivity index (χ0n) is 10.0. The second-order valence-electron chi connectivity index (χ2n) is 4.36. The van der Waals surface area contributed by atoms with Crippen molar-refractivity contribution in [3.63, 3.8) is 0 Å². The molecule has 0 saturated carbocycles. The first-order chi connectivity index (χ1) is 8.16. The van der Waals surface area contributed by atoms with Crippen molar-refractivity contribution in [1.29, 1.82) is 0 Å². The summed E-state index contributed by atoms with van der Waals surface area (Å²) in [7, 11) is 0. The number of aliphatic hydroxyl groups is 1. The fourth-order valence-corrected chi connectivity index (χ4v) is 2.76. The topological polar surface area (TPSA) is 43.8 Å². The summed E-state index contributed by atoms with van der Waals surface area (Å²) in [5.74, 6) is -0.152. The van der Waals surface area contributed by atoms with E-state index >= 15 is 0 Å². The number of piperazine rings is 1. The number of hydrogen-bond acceptors (Lipinski definition) is 4. The third kappa shape index (κ3) is 3.28. The van der Waals surface area contributed by atoms with Crippen LogP contribution in [-0.2, 0) is 11.3 Å². The first kappa shape index (κ1) is 12.5. The van der Waals surface area contributed by atoms with Crippen molar-refractivity contribution in [3.05, 3.63) is 22.4 Å². The predicted molar refractivity (Wildman–Crippen MR) is 67.9 cm³/mol. The summed E-state index contributed by atoms with van der Waals surface area (Å²) >= 11 is 1.77. The van der Waals surface area contributed by atoms with E-state index in [-0.39, 0.29) is 5.91 Å². The van der Waals surface area contributed by atoms with Gasteiger partial charge < -0.3 is 10.0 Å². The summed E-state index contributed by atoms with van der Waals surface area (Å²) in [6, 6.07) is 4.20. The molecular weight excluding hydrogens is 236 g/mol. The summed E-state index contributed by atoms with van der Waals surface area (Å²) in [6.45, 7) is 5.70. The first-order valence-corrected chi connectivity index (χ1v) is 6.76. The molecule has 1 unspecified atom stereocenters. The highest BCUT2D eigenvalue weighted by Gasteiger charge is 2.23. The number of thiophene rings is 1. The Bertz CT molecular complexity index is 357. The second kappa shape index (κ2) is 5.62. The van der Waals surface area contributed by atoms with Crippen LogP contribution in [0.4, 0.5) is 0 Å². The van der Waals surface area contributed by atoms with Crippen LogP contribution in [0.15, 0.2) is 17.5 Å². The highest BCUT2D eigenvalue weighted by molar-refractivity contribution is 7.09. The Labute approximate surface area is 105 Å². The minimum absolute atomic E-state index is 0.152. The van der Waals surface area contributed by atoms with Gasteiger partial charge >= 0.3 is 0 Å². The Morgan fingerprint density at radius 1 is 1.47 bits per heavy atom. The van der Waals surface area contributed by atoms with E-state index in [9.17, 15) is 9.90 Å². The van der Waals surface area contributed by atoms with E-state index < -0.39 is 6.10 Å². The van der Waals surface area contributed by atoms with E-state index in [1.54, 1.807) is 16.2 Å². The van der Waals surface area contributed by atoms with Gasteiger partial charge in [0.05, 0.1) is 0 Å². The van der Waals surface area contributed by atoms with Crippen molar-refractivity contribution in [1.82, 2.24) is 9.80 Å². The molecular formula is C12H18N2O2S. The van der Waals surface area contributed by atoms with Gasteiger partial charge in [0.15, 0.2) is 0 Å². The fraction of sp³-hybridized carbons (Fsp3) is 0.583. The van der Waals surface area contributed by atoms with Gasteiger partial charge in [-0.2, -0.15) is 0 Å². The number of carbonyl (C=O) groups is 1. The van der Waals surface area contributed by atoms with Crippen LogP contribution < -0.4 is 0 Å². The van der Waals surface area contributed by atoms with Crippen LogP contribution in [-0.4, -0.2) is 53.1 Å². The average molecular weight is 254 g/mol. The van der Waals surface area contributed by atoms with E-state index in [1.165, 1.54) is 11.8 Å². The SMILES string of the molecule is CC(O)C(=O)N1CCN(Cc2cccs2)CC1. The van der Waals surface area contributed by atoms with Gasteiger partial charge in [-0.25, -0.2) is 0 Å². The molecule has 0 bridgehead atoms. The van der Waals surface area contributed by atoms with Gasteiger partial charge in [-0.3, -0.25) is 9.69 Å². The zero-order chi connectivity index (χ0) is 12.3. The Morgan fingerprint density at radius 2 is 2.18 bits per heavy atom. The number of amides is 1. The molecule has 2 rings (SSSR count). The molecule has 1 saturated heterocycles. The quantitative estimate of drug-likeness (QED) is 0.866. The Hall–Kier alpha value is -0.910. The average Bonchev–Trinajstić information content (AvgIpc) is 2.82. The maximum Gasteiger partial charge on any atom is 0.251 e. The highest BCUT2D eigenvalue weighted by atomic mass is 32.1. The van der Waals surface area contributed by atoms with Gasteiger partial charge in [-0.1, -0.05) is 6.07 Å². The van der Waals surface area contributed by atoms with Crippen molar-refractivity contribution in [2.75, 3.05) is 26.2 Å². The molecule has 2 heterocycles. The van der Waals surface area contributed by atoms with Gasteiger partial charge in [0.25, 0.3) is 5.91 Å². The summed E-state index contributed by atoms with van der Waals surface area (Å²) in [6.07, 6.45) is -0.876. The fourth-order valence-electron chi connectivity index (χ4n) is 2.01. The molecule has 1 N–H and O–H groups in total. The Morgan fingerprint density at radius 3 is 2.71 bits per heavy atom. The predicted octanol–water partition coefficient (Wildman–Crippen LogP) is 0.773. The summed E-state index contributed by atoms with van der Waals surface area (Å²) < 4.78 is 0. The van der Waals surface area contributed by atoms with E-state index in [0.29, 0.717) is 0 Å². The Kier molecular flexibility index (Phi) is 4.15. The van der Waals surface area contributed by atoms with Crippen LogP contribution in [0.25, 0.3) is 0 Å². The van der Waals surface area contributed by atoms with Crippen LogP contribution in [0, 0.1) is 0 Å². The number of carbonyl (C=O) groups excluding carboxylic acids is 1. The Balaban J connectivity index is 1.80. The monoisotopic (exact) mass is 254 g/mol. The second-order valence-corrected chi connectivity index (χ2v) is 5.39. The van der Waals surface area contributed by atoms with E-state index in [0.717, 1.165) is 32.7 Å². The molecule has 0 spiro atoms. The van der Waals surface area contributed by atoms with Gasteiger partial charge in [-0.05, 0) is 18.4 Å². The largest absolute Gasteiger partial charge is 0.384 e. The smallest absolute Gasteiger partial charge is 0.251 e. The van der Waals surface area contributed by atoms with E-state index in [1.807, 2.05) is 0 Å². The lowest BCUT2D eigenvalue weighted by atomic mass is 10.2. The van der Waals surface area contributed by atoms with Crippen LogP contribution in [0.1, 0.15) is 11.8 Å². The summed E-state index contributed by atoms with van der Waals surface area (Å²) in [4.78, 5) is 17.0. The van der Waals surface area contributed by atoms with Gasteiger partial charge in [0.1, 0.15) is 6.10 Å². The normalized spacial score (nSPS) is 19.3.